The third-order valence-corrected chi connectivity index (χ3v) is 9.68. The average Bonchev–Trinajstić information content (AvgIpc) is 3.15. The van der Waals surface area contributed by atoms with Gasteiger partial charge in [-0.2, -0.15) is 17.5 Å². The molecule has 4 rings (SSSR count). The van der Waals surface area contributed by atoms with Crippen molar-refractivity contribution >= 4 is 27.5 Å². The monoisotopic (exact) mass is 546 g/mol. The first-order valence-electron chi connectivity index (χ1n) is 12.2. The van der Waals surface area contributed by atoms with Crippen LogP contribution in [0.1, 0.15) is 32.6 Å². The molecule has 3 heterocycles. The second kappa shape index (κ2) is 10.2. The Kier molecular flexibility index (Phi) is 7.52. The molecule has 204 valence electrons. The number of carbonyl (C=O) groups is 2. The number of hydrogen-bond donors (Lipinski definition) is 2. The molecule has 3 fully saturated rings. The van der Waals surface area contributed by atoms with Crippen molar-refractivity contribution in [2.45, 2.75) is 55.8 Å². The quantitative estimate of drug-likeness (QED) is 0.547. The number of hydrogen-bond acceptors (Lipinski definition) is 5. The molecule has 0 aliphatic carbocycles. The molecule has 3 saturated heterocycles. The minimum atomic E-state index is -4.84. The fraction of sp³-hybridized carbons (Fsp3) is 0.652. The lowest BCUT2D eigenvalue weighted by Gasteiger charge is -2.39. The first kappa shape index (κ1) is 27.3. The minimum absolute atomic E-state index is 0.0180. The number of rotatable bonds is 5. The number of carbonyl (C=O) groups excluding carboxylic acids is 2. The summed E-state index contributed by atoms with van der Waals surface area (Å²) in [5, 5.41) is 6.01. The van der Waals surface area contributed by atoms with Gasteiger partial charge in [0, 0.05) is 32.7 Å². The van der Waals surface area contributed by atoms with Crippen molar-refractivity contribution in [3.05, 3.63) is 29.2 Å². The molecule has 0 bridgehead atoms. The number of halogens is 3. The summed E-state index contributed by atoms with van der Waals surface area (Å²) < 4.78 is 68.7. The second-order valence-corrected chi connectivity index (χ2v) is 11.8. The molecule has 1 aromatic rings. The van der Waals surface area contributed by atoms with Crippen molar-refractivity contribution in [1.29, 1.82) is 0 Å². The second-order valence-electron chi connectivity index (χ2n) is 9.89. The van der Waals surface area contributed by atoms with Crippen molar-refractivity contribution in [2.75, 3.05) is 32.0 Å². The topological polar surface area (TPSA) is 119 Å². The number of fused-ring (bicyclic) bond motifs is 1. The molecule has 4 atom stereocenters. The van der Waals surface area contributed by atoms with E-state index in [1.54, 1.807) is 0 Å². The predicted molar refractivity (Wildman–Crippen MR) is 126 cm³/mol. The van der Waals surface area contributed by atoms with E-state index in [1.807, 2.05) is 0 Å². The summed E-state index contributed by atoms with van der Waals surface area (Å²) in [5.74, 6) is -2.53. The van der Waals surface area contributed by atoms with Crippen LogP contribution in [-0.4, -0.2) is 79.4 Å². The highest BCUT2D eigenvalue weighted by atomic mass is 32.2. The number of benzene rings is 1. The van der Waals surface area contributed by atoms with E-state index in [-0.39, 0.29) is 53.6 Å². The smallest absolute Gasteiger partial charge is 0.359 e. The van der Waals surface area contributed by atoms with Crippen LogP contribution in [0, 0.1) is 22.7 Å². The number of hydrazine groups is 1. The number of anilines is 1. The number of sulfonamides is 1. The molecule has 0 radical (unpaired) electrons. The largest absolute Gasteiger partial charge is 0.460 e. The van der Waals surface area contributed by atoms with Crippen LogP contribution in [0.5, 0.6) is 0 Å². The van der Waals surface area contributed by atoms with Crippen LogP contribution in [0.15, 0.2) is 29.2 Å². The summed E-state index contributed by atoms with van der Waals surface area (Å²) in [6.07, 6.45) is -3.00. The first-order valence-corrected chi connectivity index (χ1v) is 13.7. The molecule has 0 spiro atoms. The number of amides is 2. The van der Waals surface area contributed by atoms with E-state index in [1.165, 1.54) is 42.5 Å². The van der Waals surface area contributed by atoms with Crippen LogP contribution in [-0.2, 0) is 19.6 Å². The summed E-state index contributed by atoms with van der Waals surface area (Å²) >= 11 is 0. The Morgan fingerprint density at radius 3 is 2.16 bits per heavy atom. The van der Waals surface area contributed by atoms with Crippen LogP contribution in [0.25, 0.3) is 0 Å². The zero-order valence-electron chi connectivity index (χ0n) is 20.6. The number of nitrogens with zero attached hydrogens (tertiary/aromatic N) is 3. The predicted octanol–water partition coefficient (Wildman–Crippen LogP) is 2.13. The highest BCUT2D eigenvalue weighted by Gasteiger charge is 2.70. The minimum Gasteiger partial charge on any atom is -0.359 e. The van der Waals surface area contributed by atoms with Gasteiger partial charge >= 0.3 is 12.2 Å². The molecule has 3 aliphatic heterocycles. The number of alkyl halides is 3. The summed E-state index contributed by atoms with van der Waals surface area (Å²) in [6.45, 7) is 2.01. The molecule has 0 aromatic heterocycles. The maximum atomic E-state index is 13.7. The SMILES string of the molecule is CNC(=O)C1C2CC(C3CCN(S(=O)(=O)c4ccc(NC(C)=O)cc4)CC3)CCN2[N+](=O)C1C(F)(F)F. The van der Waals surface area contributed by atoms with Crippen molar-refractivity contribution in [3.63, 3.8) is 0 Å². The lowest BCUT2D eigenvalue weighted by Crippen LogP contribution is -2.49. The Bertz CT molecular complexity index is 1150. The maximum Gasteiger partial charge on any atom is 0.460 e. The highest BCUT2D eigenvalue weighted by molar-refractivity contribution is 7.89. The lowest BCUT2D eigenvalue weighted by atomic mass is 9.74. The van der Waals surface area contributed by atoms with Gasteiger partial charge in [0.1, 0.15) is 16.8 Å². The van der Waals surface area contributed by atoms with Gasteiger partial charge < -0.3 is 10.6 Å². The zero-order chi connectivity index (χ0) is 27.1. The van der Waals surface area contributed by atoms with Gasteiger partial charge in [-0.25, -0.2) is 8.42 Å². The van der Waals surface area contributed by atoms with Gasteiger partial charge in [0.25, 0.3) is 0 Å². The van der Waals surface area contributed by atoms with Crippen LogP contribution in [0.4, 0.5) is 18.9 Å². The molecule has 2 N–H and O–H groups in total. The van der Waals surface area contributed by atoms with Gasteiger partial charge in [-0.15, -0.1) is 5.01 Å². The van der Waals surface area contributed by atoms with E-state index in [0.717, 1.165) is 5.01 Å². The third-order valence-electron chi connectivity index (χ3n) is 7.76. The third kappa shape index (κ3) is 5.31. The van der Waals surface area contributed by atoms with Crippen LogP contribution >= 0.6 is 0 Å². The molecule has 10 nitrogen and oxygen atoms in total. The summed E-state index contributed by atoms with van der Waals surface area (Å²) in [5.41, 5.74) is 0.489. The lowest BCUT2D eigenvalue weighted by molar-refractivity contribution is -0.735. The maximum absolute atomic E-state index is 13.7. The van der Waals surface area contributed by atoms with Crippen molar-refractivity contribution in [1.82, 2.24) is 14.6 Å². The Hall–Kier alpha value is -2.74. The first-order chi connectivity index (χ1) is 17.3. The van der Waals surface area contributed by atoms with Gasteiger partial charge in [-0.3, -0.25) is 9.59 Å². The van der Waals surface area contributed by atoms with E-state index in [0.29, 0.717) is 24.9 Å². The Morgan fingerprint density at radius 1 is 1.03 bits per heavy atom. The molecule has 2 amide bonds. The zero-order valence-corrected chi connectivity index (χ0v) is 21.4. The molecular formula is C23H31F3N5O5S+. The number of nitroso groups, excluding NO2 is 1. The summed E-state index contributed by atoms with van der Waals surface area (Å²) in [7, 11) is -2.48. The van der Waals surface area contributed by atoms with E-state index < -0.39 is 40.1 Å². The Morgan fingerprint density at radius 2 is 1.62 bits per heavy atom. The number of piperidine rings is 2. The fourth-order valence-electron chi connectivity index (χ4n) is 5.99. The van der Waals surface area contributed by atoms with E-state index in [4.69, 9.17) is 0 Å². The molecular weight excluding hydrogens is 515 g/mol. The van der Waals surface area contributed by atoms with E-state index in [2.05, 4.69) is 10.6 Å². The van der Waals surface area contributed by atoms with Gasteiger partial charge in [0.15, 0.2) is 0 Å². The normalized spacial score (nSPS) is 27.6. The molecule has 0 saturated carbocycles. The van der Waals surface area contributed by atoms with Gasteiger partial charge in [-0.05, 0) is 61.8 Å². The molecule has 1 aromatic carbocycles. The average molecular weight is 547 g/mol. The summed E-state index contributed by atoms with van der Waals surface area (Å²) in [4.78, 5) is 36.2. The van der Waals surface area contributed by atoms with Crippen LogP contribution in [0.2, 0.25) is 0 Å². The Labute approximate surface area is 213 Å². The van der Waals surface area contributed by atoms with E-state index in [9.17, 15) is 36.1 Å². The standard InChI is InChI=1S/C23H30F3N5O5S/c1-14(32)28-17-3-5-18(6-4-17)37(35,36)29-10-7-15(8-11-29)16-9-12-30-19(13-16)20(22(33)27-2)21(31(30)34)23(24,25)26/h3-6,15-16,19-21H,7-13H2,1-2H3,(H-,27,28,32,33)/p+1. The molecule has 14 heteroatoms. The fourth-order valence-corrected chi connectivity index (χ4v) is 7.46. The van der Waals surface area contributed by atoms with Crippen molar-refractivity contribution in [3.8, 4) is 0 Å². The highest BCUT2D eigenvalue weighted by Crippen LogP contribution is 2.45. The van der Waals surface area contributed by atoms with Crippen molar-refractivity contribution < 1.29 is 36.0 Å². The van der Waals surface area contributed by atoms with Gasteiger partial charge in [-0.1, -0.05) is 0 Å². The van der Waals surface area contributed by atoms with E-state index >= 15 is 0 Å². The summed E-state index contributed by atoms with van der Waals surface area (Å²) in [6, 6.07) is 2.65. The Balaban J connectivity index is 1.42. The van der Waals surface area contributed by atoms with Gasteiger partial charge in [0.2, 0.25) is 21.8 Å². The molecule has 37 heavy (non-hydrogen) atoms. The van der Waals surface area contributed by atoms with Crippen molar-refractivity contribution in [2.24, 2.45) is 17.8 Å². The van der Waals surface area contributed by atoms with Gasteiger partial charge in [0.05, 0.1) is 16.3 Å². The number of nitrogens with one attached hydrogen (secondary N) is 2. The molecule has 3 aliphatic rings. The van der Waals surface area contributed by atoms with Crippen LogP contribution in [0.3, 0.4) is 0 Å². The van der Waals surface area contributed by atoms with Crippen LogP contribution < -0.4 is 10.6 Å². The molecule has 4 unspecified atom stereocenters.